The van der Waals surface area contributed by atoms with Crippen molar-refractivity contribution in [1.29, 1.82) is 0 Å². The Labute approximate surface area is 134 Å². The van der Waals surface area contributed by atoms with Gasteiger partial charge < -0.3 is 11.1 Å². The average molecular weight is 329 g/mol. The fourth-order valence-electron chi connectivity index (χ4n) is 1.69. The van der Waals surface area contributed by atoms with E-state index >= 15 is 0 Å². The van der Waals surface area contributed by atoms with Crippen LogP contribution in [0.5, 0.6) is 0 Å². The number of anilines is 1. The maximum absolute atomic E-state index is 12.0. The lowest BCUT2D eigenvalue weighted by molar-refractivity contribution is -0.119. The molecule has 0 bridgehead atoms. The van der Waals surface area contributed by atoms with E-state index in [1.807, 2.05) is 12.1 Å². The molecule has 0 aliphatic heterocycles. The van der Waals surface area contributed by atoms with Gasteiger partial charge in [-0.05, 0) is 25.1 Å². The van der Waals surface area contributed by atoms with Gasteiger partial charge in [0.25, 0.3) is 0 Å². The van der Waals surface area contributed by atoms with Crippen LogP contribution in [0.3, 0.4) is 0 Å². The Hall–Kier alpha value is -1.56. The van der Waals surface area contributed by atoms with Gasteiger partial charge in [0, 0.05) is 17.1 Å². The van der Waals surface area contributed by atoms with Gasteiger partial charge in [-0.15, -0.1) is 12.4 Å². The van der Waals surface area contributed by atoms with Crippen LogP contribution in [-0.2, 0) is 4.79 Å². The molecular formula is C14H18Cl2N4O. The average Bonchev–Trinajstić information content (AvgIpc) is 2.85. The molecule has 114 valence electrons. The van der Waals surface area contributed by atoms with Crippen LogP contribution >= 0.6 is 24.0 Å². The summed E-state index contributed by atoms with van der Waals surface area (Å²) >= 11 is 5.97. The number of carbonyl (C=O) groups is 1. The van der Waals surface area contributed by atoms with Gasteiger partial charge in [-0.1, -0.05) is 24.6 Å². The largest absolute Gasteiger partial charge is 0.327 e. The zero-order chi connectivity index (χ0) is 14.7. The summed E-state index contributed by atoms with van der Waals surface area (Å²) in [6, 6.07) is 8.77. The summed E-state index contributed by atoms with van der Waals surface area (Å²) in [6.07, 6.45) is 1.62. The molecule has 1 heterocycles. The van der Waals surface area contributed by atoms with Gasteiger partial charge in [-0.2, -0.15) is 5.10 Å². The molecule has 0 saturated carbocycles. The minimum Gasteiger partial charge on any atom is -0.327 e. The lowest BCUT2D eigenvalue weighted by atomic mass is 10.0. The summed E-state index contributed by atoms with van der Waals surface area (Å²) in [4.78, 5) is 12.0. The maximum Gasteiger partial charge on any atom is 0.229 e. The summed E-state index contributed by atoms with van der Waals surface area (Å²) in [5, 5.41) is 7.64. The second-order valence-electron chi connectivity index (χ2n) is 4.75. The van der Waals surface area contributed by atoms with Gasteiger partial charge in [0.1, 0.15) is 5.82 Å². The molecule has 21 heavy (non-hydrogen) atoms. The highest BCUT2D eigenvalue weighted by Gasteiger charge is 2.18. The Bertz CT molecular complexity index is 613. The minimum atomic E-state index is -0.280. The molecule has 1 amide bonds. The SMILES string of the molecule is CC(N)C(C)C(=O)Nc1ccnn1-c1cccc(Cl)c1.Cl. The Morgan fingerprint density at radius 3 is 2.71 bits per heavy atom. The first kappa shape index (κ1) is 17.5. The molecule has 0 radical (unpaired) electrons. The molecule has 0 aliphatic carbocycles. The van der Waals surface area contributed by atoms with Crippen molar-refractivity contribution in [3.05, 3.63) is 41.6 Å². The quantitative estimate of drug-likeness (QED) is 0.906. The molecule has 2 unspecified atom stereocenters. The summed E-state index contributed by atoms with van der Waals surface area (Å²) in [5.41, 5.74) is 6.52. The Morgan fingerprint density at radius 1 is 1.38 bits per heavy atom. The lowest BCUT2D eigenvalue weighted by Gasteiger charge is -2.16. The molecule has 0 spiro atoms. The van der Waals surface area contributed by atoms with Crippen LogP contribution < -0.4 is 11.1 Å². The normalized spacial score (nSPS) is 13.1. The van der Waals surface area contributed by atoms with Gasteiger partial charge in [-0.3, -0.25) is 4.79 Å². The molecule has 2 rings (SSSR count). The number of amides is 1. The van der Waals surface area contributed by atoms with Gasteiger partial charge in [0.05, 0.1) is 17.8 Å². The van der Waals surface area contributed by atoms with Crippen LogP contribution in [0.1, 0.15) is 13.8 Å². The van der Waals surface area contributed by atoms with E-state index in [4.69, 9.17) is 17.3 Å². The van der Waals surface area contributed by atoms with Gasteiger partial charge in [-0.25, -0.2) is 4.68 Å². The fourth-order valence-corrected chi connectivity index (χ4v) is 1.88. The van der Waals surface area contributed by atoms with Crippen molar-refractivity contribution in [2.45, 2.75) is 19.9 Å². The number of carbonyl (C=O) groups excluding carboxylic acids is 1. The number of nitrogens with two attached hydrogens (primary N) is 1. The highest BCUT2D eigenvalue weighted by atomic mass is 35.5. The number of nitrogens with zero attached hydrogens (tertiary/aromatic N) is 2. The monoisotopic (exact) mass is 328 g/mol. The molecule has 0 saturated heterocycles. The third-order valence-corrected chi connectivity index (χ3v) is 3.38. The molecule has 0 fully saturated rings. The summed E-state index contributed by atoms with van der Waals surface area (Å²) in [7, 11) is 0. The van der Waals surface area contributed by atoms with Crippen molar-refractivity contribution in [1.82, 2.24) is 9.78 Å². The second-order valence-corrected chi connectivity index (χ2v) is 5.18. The van der Waals surface area contributed by atoms with Crippen molar-refractivity contribution in [3.8, 4) is 5.69 Å². The van der Waals surface area contributed by atoms with E-state index in [9.17, 15) is 4.79 Å². The van der Waals surface area contributed by atoms with Crippen LogP contribution in [0.4, 0.5) is 5.82 Å². The van der Waals surface area contributed by atoms with Crippen LogP contribution in [-0.4, -0.2) is 21.7 Å². The van der Waals surface area contributed by atoms with Crippen LogP contribution in [0.2, 0.25) is 5.02 Å². The molecule has 2 aromatic rings. The molecule has 2 atom stereocenters. The van der Waals surface area contributed by atoms with Crippen LogP contribution in [0.25, 0.3) is 5.69 Å². The van der Waals surface area contributed by atoms with E-state index in [0.717, 1.165) is 5.69 Å². The van der Waals surface area contributed by atoms with E-state index in [-0.39, 0.29) is 30.3 Å². The molecule has 3 N–H and O–H groups in total. The number of hydrogen-bond acceptors (Lipinski definition) is 3. The number of halogens is 2. The van der Waals surface area contributed by atoms with Crippen LogP contribution in [0.15, 0.2) is 36.5 Å². The first-order chi connectivity index (χ1) is 9.49. The van der Waals surface area contributed by atoms with Crippen molar-refractivity contribution in [2.24, 2.45) is 11.7 Å². The molecule has 1 aromatic carbocycles. The number of benzene rings is 1. The summed E-state index contributed by atoms with van der Waals surface area (Å²) in [5.74, 6) is 0.172. The fraction of sp³-hybridized carbons (Fsp3) is 0.286. The summed E-state index contributed by atoms with van der Waals surface area (Å²) < 4.78 is 1.62. The smallest absolute Gasteiger partial charge is 0.229 e. The van der Waals surface area contributed by atoms with E-state index in [1.54, 1.807) is 42.9 Å². The third kappa shape index (κ3) is 4.20. The highest BCUT2D eigenvalue weighted by molar-refractivity contribution is 6.30. The molecule has 0 aliphatic rings. The first-order valence-corrected chi connectivity index (χ1v) is 6.73. The van der Waals surface area contributed by atoms with Crippen LogP contribution in [0, 0.1) is 5.92 Å². The Morgan fingerprint density at radius 2 is 2.10 bits per heavy atom. The van der Waals surface area contributed by atoms with Crippen molar-refractivity contribution >= 4 is 35.7 Å². The Kier molecular flexibility index (Phi) is 6.20. The first-order valence-electron chi connectivity index (χ1n) is 6.35. The zero-order valence-electron chi connectivity index (χ0n) is 11.8. The van der Waals surface area contributed by atoms with Gasteiger partial charge >= 0.3 is 0 Å². The second kappa shape index (κ2) is 7.45. The number of hydrogen-bond donors (Lipinski definition) is 2. The highest BCUT2D eigenvalue weighted by Crippen LogP contribution is 2.19. The summed E-state index contributed by atoms with van der Waals surface area (Å²) in [6.45, 7) is 3.60. The third-order valence-electron chi connectivity index (χ3n) is 3.15. The molecule has 5 nitrogen and oxygen atoms in total. The van der Waals surface area contributed by atoms with Gasteiger partial charge in [0.2, 0.25) is 5.91 Å². The van der Waals surface area contributed by atoms with E-state index in [2.05, 4.69) is 10.4 Å². The minimum absolute atomic E-state index is 0. The predicted octanol–water partition coefficient (Wildman–Crippen LogP) is 2.87. The van der Waals surface area contributed by atoms with Crippen molar-refractivity contribution < 1.29 is 4.79 Å². The number of rotatable bonds is 4. The standard InChI is InChI=1S/C14H17ClN4O.ClH/c1-9(10(2)16)14(20)18-13-6-7-17-19(13)12-5-3-4-11(15)8-12;/h3-10H,16H2,1-2H3,(H,18,20);1H. The Balaban J connectivity index is 0.00000220. The number of aromatic nitrogens is 2. The van der Waals surface area contributed by atoms with Crippen molar-refractivity contribution in [3.63, 3.8) is 0 Å². The molecule has 1 aromatic heterocycles. The topological polar surface area (TPSA) is 72.9 Å². The molecule has 7 heteroatoms. The van der Waals surface area contributed by atoms with E-state index in [1.165, 1.54) is 0 Å². The van der Waals surface area contributed by atoms with Crippen molar-refractivity contribution in [2.75, 3.05) is 5.32 Å². The zero-order valence-corrected chi connectivity index (χ0v) is 13.4. The van der Waals surface area contributed by atoms with E-state index < -0.39 is 0 Å². The van der Waals surface area contributed by atoms with Gasteiger partial charge in [0.15, 0.2) is 0 Å². The number of nitrogens with one attached hydrogen (secondary N) is 1. The predicted molar refractivity (Wildman–Crippen MR) is 87.3 cm³/mol. The lowest BCUT2D eigenvalue weighted by Crippen LogP contribution is -2.34. The molecular weight excluding hydrogens is 311 g/mol. The maximum atomic E-state index is 12.0. The van der Waals surface area contributed by atoms with E-state index in [0.29, 0.717) is 10.8 Å².